The van der Waals surface area contributed by atoms with Gasteiger partial charge in [0.25, 0.3) is 11.5 Å². The summed E-state index contributed by atoms with van der Waals surface area (Å²) in [6.45, 7) is 0. The van der Waals surface area contributed by atoms with Gasteiger partial charge < -0.3 is 0 Å². The maximum atomic E-state index is 2.79. The third-order valence-electron chi connectivity index (χ3n) is 11.6. The molecule has 206 valence electrons. The lowest BCUT2D eigenvalue weighted by Gasteiger charge is -2.40. The maximum Gasteiger partial charge on any atom is 0.300 e. The molecule has 1 saturated carbocycles. The highest BCUT2D eigenvalue weighted by atomic mass is 15.4. The van der Waals surface area contributed by atoms with Gasteiger partial charge >= 0.3 is 5.65 Å². The number of para-hydroxylation sites is 2. The van der Waals surface area contributed by atoms with Gasteiger partial charge in [0.15, 0.2) is 0 Å². The fourth-order valence-electron chi connectivity index (χ4n) is 10.2. The Balaban J connectivity index is 1.43. The fourth-order valence-corrected chi connectivity index (χ4v) is 10.2. The van der Waals surface area contributed by atoms with Gasteiger partial charge in [-0.05, 0) is 66.3 Å². The van der Waals surface area contributed by atoms with Gasteiger partial charge in [0, 0.05) is 28.1 Å². The van der Waals surface area contributed by atoms with Crippen LogP contribution in [-0.4, -0.2) is 9.13 Å². The number of rotatable bonds is 1. The standard InChI is InChI=1S/C40H28N4/c1-2-10-24(11-3-1)25-21-22-35-42-33-17-6-4-12-27(33)30-20-19-29-26-14-8-16-32(26)40(36(29)37(30)42)41-23-9-15-31-28-13-5-7-18-34(28)43(38(31)41)39(25)44(35)40/h1-7,9-13,15,17-23,26,32H,8,14,16H2/q+2. The average molecular weight is 565 g/mol. The summed E-state index contributed by atoms with van der Waals surface area (Å²) in [7, 11) is 0. The van der Waals surface area contributed by atoms with Crippen LogP contribution in [0.4, 0.5) is 0 Å². The number of benzene rings is 4. The van der Waals surface area contributed by atoms with Crippen LogP contribution in [0.15, 0.2) is 121 Å². The minimum absolute atomic E-state index is 0.347. The van der Waals surface area contributed by atoms with Crippen LogP contribution < -0.4 is 9.13 Å². The third-order valence-corrected chi connectivity index (χ3v) is 11.6. The highest BCUT2D eigenvalue weighted by Gasteiger charge is 2.68. The van der Waals surface area contributed by atoms with Gasteiger partial charge in [-0.1, -0.05) is 79.2 Å². The topological polar surface area (TPSA) is 17.6 Å². The van der Waals surface area contributed by atoms with Crippen LogP contribution in [0.1, 0.15) is 36.3 Å². The molecule has 4 heteroatoms. The maximum absolute atomic E-state index is 2.79. The Bertz CT molecular complexity index is 2600. The molecule has 1 spiro atoms. The molecule has 12 rings (SSSR count). The van der Waals surface area contributed by atoms with Crippen LogP contribution in [0, 0.1) is 5.92 Å². The molecule has 0 N–H and O–H groups in total. The largest absolute Gasteiger partial charge is 0.300 e. The molecule has 3 unspecified atom stereocenters. The first-order valence-electron chi connectivity index (χ1n) is 16.0. The molecular weight excluding hydrogens is 536 g/mol. The van der Waals surface area contributed by atoms with E-state index in [-0.39, 0.29) is 5.66 Å². The smallest absolute Gasteiger partial charge is 0.224 e. The van der Waals surface area contributed by atoms with E-state index in [2.05, 4.69) is 140 Å². The predicted octanol–water partition coefficient (Wildman–Crippen LogP) is 7.90. The van der Waals surface area contributed by atoms with E-state index in [1.54, 1.807) is 5.56 Å². The zero-order valence-corrected chi connectivity index (χ0v) is 24.1. The molecule has 8 aromatic rings. The van der Waals surface area contributed by atoms with Gasteiger partial charge in [-0.3, -0.25) is 0 Å². The first-order chi connectivity index (χ1) is 21.9. The van der Waals surface area contributed by atoms with Crippen molar-refractivity contribution < 1.29 is 9.13 Å². The number of pyridine rings is 2. The van der Waals surface area contributed by atoms with Crippen molar-refractivity contribution in [1.29, 1.82) is 0 Å². The molecule has 0 bridgehead atoms. The molecule has 6 heterocycles. The second-order valence-electron chi connectivity index (χ2n) is 13.2. The van der Waals surface area contributed by atoms with E-state index in [9.17, 15) is 0 Å². The van der Waals surface area contributed by atoms with Crippen molar-refractivity contribution >= 4 is 43.7 Å². The summed E-state index contributed by atoms with van der Waals surface area (Å²) < 4.78 is 10.7. The Kier molecular flexibility index (Phi) is 3.70. The summed E-state index contributed by atoms with van der Waals surface area (Å²) in [6.07, 6.45) is 6.16. The Hall–Kier alpha value is -5.22. The molecule has 2 aliphatic heterocycles. The lowest BCUT2D eigenvalue weighted by molar-refractivity contribution is -0.981. The first-order valence-corrected chi connectivity index (χ1v) is 16.0. The van der Waals surface area contributed by atoms with E-state index in [4.69, 9.17) is 0 Å². The Morgan fingerprint density at radius 2 is 1.39 bits per heavy atom. The molecule has 4 aromatic heterocycles. The molecular formula is C40H28N4+2. The Morgan fingerprint density at radius 3 is 2.25 bits per heavy atom. The lowest BCUT2D eigenvalue weighted by Crippen LogP contribution is -2.81. The fraction of sp³-hybridized carbons (Fsp3) is 0.150. The van der Waals surface area contributed by atoms with Crippen molar-refractivity contribution in [2.24, 2.45) is 5.92 Å². The minimum Gasteiger partial charge on any atom is -0.224 e. The van der Waals surface area contributed by atoms with Crippen molar-refractivity contribution in [2.75, 3.05) is 0 Å². The van der Waals surface area contributed by atoms with E-state index in [0.29, 0.717) is 11.8 Å². The summed E-state index contributed by atoms with van der Waals surface area (Å²) in [5, 5.41) is 5.35. The van der Waals surface area contributed by atoms with Crippen molar-refractivity contribution in [3.05, 3.63) is 133 Å². The first kappa shape index (κ1) is 22.3. The highest BCUT2D eigenvalue weighted by molar-refractivity contribution is 6.11. The number of aromatic nitrogens is 4. The lowest BCUT2D eigenvalue weighted by atomic mass is 9.85. The molecule has 1 fully saturated rings. The van der Waals surface area contributed by atoms with Crippen molar-refractivity contribution in [3.8, 4) is 22.8 Å². The Morgan fingerprint density at radius 1 is 0.636 bits per heavy atom. The summed E-state index contributed by atoms with van der Waals surface area (Å²) in [6, 6.07) is 43.4. The van der Waals surface area contributed by atoms with Crippen LogP contribution in [0.5, 0.6) is 0 Å². The SMILES string of the molecule is c1ccc(-c2ccc3[n+]4c2-n2c5ccccc5c5ccc[n+](c52)C42c4c(ccc5c6ccccc6n-3c45)C3CCCC32)cc1. The number of hydrogen-bond donors (Lipinski definition) is 0. The second kappa shape index (κ2) is 7.28. The molecule has 3 atom stereocenters. The molecule has 2 aliphatic carbocycles. The molecule has 44 heavy (non-hydrogen) atoms. The van der Waals surface area contributed by atoms with E-state index < -0.39 is 0 Å². The molecule has 0 amide bonds. The highest BCUT2D eigenvalue weighted by Crippen LogP contribution is 2.60. The monoisotopic (exact) mass is 564 g/mol. The van der Waals surface area contributed by atoms with Crippen LogP contribution >= 0.6 is 0 Å². The van der Waals surface area contributed by atoms with E-state index in [1.165, 1.54) is 91.3 Å². The molecule has 4 nitrogen and oxygen atoms in total. The molecule has 0 saturated heterocycles. The Labute approximate surface area is 253 Å². The van der Waals surface area contributed by atoms with E-state index >= 15 is 0 Å². The van der Waals surface area contributed by atoms with Crippen molar-refractivity contribution in [3.63, 3.8) is 0 Å². The number of nitrogens with zero attached hydrogens (tertiary/aromatic N) is 4. The predicted molar refractivity (Wildman–Crippen MR) is 174 cm³/mol. The van der Waals surface area contributed by atoms with Gasteiger partial charge in [-0.25, -0.2) is 4.57 Å². The van der Waals surface area contributed by atoms with Gasteiger partial charge in [0.05, 0.1) is 22.7 Å². The van der Waals surface area contributed by atoms with Crippen molar-refractivity contribution in [2.45, 2.75) is 30.8 Å². The summed E-state index contributed by atoms with van der Waals surface area (Å²) >= 11 is 0. The number of hydrogen-bond acceptors (Lipinski definition) is 0. The molecule has 4 aliphatic rings. The van der Waals surface area contributed by atoms with Crippen LogP contribution in [0.25, 0.3) is 66.5 Å². The van der Waals surface area contributed by atoms with Crippen LogP contribution in [0.3, 0.4) is 0 Å². The zero-order chi connectivity index (χ0) is 28.3. The van der Waals surface area contributed by atoms with Crippen LogP contribution in [-0.2, 0) is 5.66 Å². The quantitative estimate of drug-likeness (QED) is 0.181. The van der Waals surface area contributed by atoms with E-state index in [1.807, 2.05) is 0 Å². The summed E-state index contributed by atoms with van der Waals surface area (Å²) in [5.41, 5.74) is 10.5. The minimum atomic E-state index is -0.347. The van der Waals surface area contributed by atoms with Gasteiger partial charge in [0.1, 0.15) is 16.6 Å². The summed E-state index contributed by atoms with van der Waals surface area (Å²) in [5.74, 6) is 3.57. The van der Waals surface area contributed by atoms with Crippen LogP contribution in [0.2, 0.25) is 0 Å². The average Bonchev–Trinajstić information content (AvgIpc) is 3.84. The zero-order valence-electron chi connectivity index (χ0n) is 24.1. The second-order valence-corrected chi connectivity index (χ2v) is 13.2. The number of fused-ring (bicyclic) bond motifs is 10. The van der Waals surface area contributed by atoms with Gasteiger partial charge in [-0.15, -0.1) is 0 Å². The molecule has 0 radical (unpaired) electrons. The van der Waals surface area contributed by atoms with Gasteiger partial charge in [0.2, 0.25) is 5.82 Å². The normalized spacial score (nSPS) is 21.9. The van der Waals surface area contributed by atoms with Gasteiger partial charge in [-0.2, -0.15) is 13.7 Å². The summed E-state index contributed by atoms with van der Waals surface area (Å²) in [4.78, 5) is 0. The van der Waals surface area contributed by atoms with Crippen molar-refractivity contribution in [1.82, 2.24) is 9.13 Å². The third kappa shape index (κ3) is 2.19. The molecule has 4 aromatic carbocycles. The van der Waals surface area contributed by atoms with E-state index in [0.717, 1.165) is 0 Å².